The standard InChI is InChI=1S/C20H30N6O2.C2HF3O2/c1-14(2)6-10-25-16-17(22-19(25)24-12-8-21-9-13-24)23(5)20(28)26(18(16)27)11-7-15(3)4;3-2(4,5)1(6)7/h6-7,21H,8-13H2,1-5H3;(H,6,7). The third-order valence-corrected chi connectivity index (χ3v) is 5.22. The molecule has 13 heteroatoms. The maximum atomic E-state index is 13.3. The molecule has 1 fully saturated rings. The Bertz CT molecular complexity index is 1240. The van der Waals surface area contributed by atoms with Crippen LogP contribution in [0.4, 0.5) is 19.1 Å². The number of rotatable bonds is 5. The second-order valence-corrected chi connectivity index (χ2v) is 8.55. The number of hydrogen-bond donors (Lipinski definition) is 2. The number of carboxylic acids is 1. The lowest BCUT2D eigenvalue weighted by Crippen LogP contribution is -2.44. The predicted octanol–water partition coefficient (Wildman–Crippen LogP) is 1.87. The Balaban J connectivity index is 0.000000540. The number of carbonyl (C=O) groups is 1. The van der Waals surface area contributed by atoms with Crippen LogP contribution < -0.4 is 21.5 Å². The van der Waals surface area contributed by atoms with E-state index in [1.165, 1.54) is 14.7 Å². The molecule has 194 valence electrons. The molecule has 0 saturated carbocycles. The first-order valence-electron chi connectivity index (χ1n) is 11.0. The molecule has 0 amide bonds. The molecule has 0 aromatic carbocycles. The van der Waals surface area contributed by atoms with Gasteiger partial charge in [-0.25, -0.2) is 9.59 Å². The molecule has 35 heavy (non-hydrogen) atoms. The van der Waals surface area contributed by atoms with Crippen molar-refractivity contribution in [1.82, 2.24) is 24.0 Å². The van der Waals surface area contributed by atoms with Crippen molar-refractivity contribution in [3.05, 3.63) is 44.1 Å². The van der Waals surface area contributed by atoms with Crippen LogP contribution in [-0.2, 0) is 24.9 Å². The average molecular weight is 501 g/mol. The van der Waals surface area contributed by atoms with Crippen LogP contribution in [0.1, 0.15) is 27.7 Å². The van der Waals surface area contributed by atoms with Gasteiger partial charge in [0.05, 0.1) is 0 Å². The van der Waals surface area contributed by atoms with Gasteiger partial charge < -0.3 is 19.9 Å². The minimum Gasteiger partial charge on any atom is -0.475 e. The highest BCUT2D eigenvalue weighted by molar-refractivity contribution is 5.75. The highest BCUT2D eigenvalue weighted by atomic mass is 19.4. The molecular weight excluding hydrogens is 469 g/mol. The van der Waals surface area contributed by atoms with Crippen molar-refractivity contribution in [1.29, 1.82) is 0 Å². The molecule has 0 spiro atoms. The normalized spacial score (nSPS) is 13.8. The molecule has 2 aromatic heterocycles. The van der Waals surface area contributed by atoms with Gasteiger partial charge in [0, 0.05) is 46.3 Å². The number of alkyl halides is 3. The first-order valence-corrected chi connectivity index (χ1v) is 11.0. The van der Waals surface area contributed by atoms with Gasteiger partial charge in [0.15, 0.2) is 11.2 Å². The number of aliphatic carboxylic acids is 1. The summed E-state index contributed by atoms with van der Waals surface area (Å²) in [7, 11) is 1.68. The Kier molecular flexibility index (Phi) is 9.07. The van der Waals surface area contributed by atoms with E-state index in [0.29, 0.717) is 17.7 Å². The van der Waals surface area contributed by atoms with E-state index in [2.05, 4.69) is 16.3 Å². The van der Waals surface area contributed by atoms with Crippen LogP contribution >= 0.6 is 0 Å². The van der Waals surface area contributed by atoms with E-state index < -0.39 is 12.1 Å². The fraction of sp³-hybridized carbons (Fsp3) is 0.545. The largest absolute Gasteiger partial charge is 0.490 e. The highest BCUT2D eigenvalue weighted by Gasteiger charge is 2.38. The predicted molar refractivity (Wildman–Crippen MR) is 127 cm³/mol. The highest BCUT2D eigenvalue weighted by Crippen LogP contribution is 2.20. The van der Waals surface area contributed by atoms with Crippen molar-refractivity contribution < 1.29 is 23.1 Å². The third-order valence-electron chi connectivity index (χ3n) is 5.22. The Morgan fingerprint density at radius 1 is 1.03 bits per heavy atom. The number of hydrogen-bond acceptors (Lipinski definition) is 6. The van der Waals surface area contributed by atoms with Crippen LogP contribution in [-0.4, -0.2) is 62.1 Å². The molecule has 1 aliphatic rings. The van der Waals surface area contributed by atoms with Gasteiger partial charge in [-0.15, -0.1) is 0 Å². The zero-order valence-corrected chi connectivity index (χ0v) is 20.4. The second-order valence-electron chi connectivity index (χ2n) is 8.55. The lowest BCUT2D eigenvalue weighted by molar-refractivity contribution is -0.192. The number of nitrogens with one attached hydrogen (secondary N) is 1. The summed E-state index contributed by atoms with van der Waals surface area (Å²) >= 11 is 0. The Morgan fingerprint density at radius 3 is 1.97 bits per heavy atom. The summed E-state index contributed by atoms with van der Waals surface area (Å²) in [4.78, 5) is 41.9. The molecule has 0 radical (unpaired) electrons. The van der Waals surface area contributed by atoms with Crippen molar-refractivity contribution in [3.63, 3.8) is 0 Å². The van der Waals surface area contributed by atoms with E-state index >= 15 is 0 Å². The first kappa shape index (κ1) is 27.9. The summed E-state index contributed by atoms with van der Waals surface area (Å²) in [6, 6.07) is 0. The van der Waals surface area contributed by atoms with Gasteiger partial charge in [-0.3, -0.25) is 13.9 Å². The van der Waals surface area contributed by atoms with Crippen LogP contribution in [0, 0.1) is 0 Å². The number of aryl methyl sites for hydroxylation is 1. The third kappa shape index (κ3) is 6.84. The molecule has 0 aliphatic carbocycles. The van der Waals surface area contributed by atoms with Gasteiger partial charge >= 0.3 is 17.8 Å². The first-order chi connectivity index (χ1) is 16.3. The van der Waals surface area contributed by atoms with Crippen molar-refractivity contribution in [3.8, 4) is 0 Å². The topological polar surface area (TPSA) is 114 Å². The number of fused-ring (bicyclic) bond motifs is 1. The molecule has 3 heterocycles. The Labute approximate surface area is 200 Å². The fourth-order valence-electron chi connectivity index (χ4n) is 3.35. The lowest BCUT2D eigenvalue weighted by Gasteiger charge is -2.28. The number of aromatic nitrogens is 4. The molecular formula is C22H31F3N6O4. The molecule has 10 nitrogen and oxygen atoms in total. The molecule has 3 rings (SSSR count). The minimum absolute atomic E-state index is 0.264. The molecule has 2 aromatic rings. The summed E-state index contributed by atoms with van der Waals surface area (Å²) in [6.07, 6.45) is -1.11. The number of nitrogens with zero attached hydrogens (tertiary/aromatic N) is 5. The number of allylic oxidation sites excluding steroid dienone is 4. The summed E-state index contributed by atoms with van der Waals surface area (Å²) in [5, 5.41) is 10.5. The van der Waals surface area contributed by atoms with E-state index in [4.69, 9.17) is 14.9 Å². The smallest absolute Gasteiger partial charge is 0.475 e. The quantitative estimate of drug-likeness (QED) is 0.603. The number of piperazine rings is 1. The van der Waals surface area contributed by atoms with Crippen LogP contribution in [0.25, 0.3) is 11.2 Å². The van der Waals surface area contributed by atoms with E-state index in [1.54, 1.807) is 7.05 Å². The summed E-state index contributed by atoms with van der Waals surface area (Å²) < 4.78 is 36.5. The molecule has 0 unspecified atom stereocenters. The lowest BCUT2D eigenvalue weighted by atomic mass is 10.3. The molecule has 1 aliphatic heterocycles. The zero-order chi connectivity index (χ0) is 26.5. The van der Waals surface area contributed by atoms with Crippen molar-refractivity contribution in [2.45, 2.75) is 47.0 Å². The maximum Gasteiger partial charge on any atom is 0.490 e. The van der Waals surface area contributed by atoms with E-state index in [-0.39, 0.29) is 17.8 Å². The molecule has 2 N–H and O–H groups in total. The average Bonchev–Trinajstić information content (AvgIpc) is 3.16. The Hall–Kier alpha value is -3.35. The summed E-state index contributed by atoms with van der Waals surface area (Å²) in [6.45, 7) is 12.2. The van der Waals surface area contributed by atoms with E-state index in [1.807, 2.05) is 38.3 Å². The monoisotopic (exact) mass is 500 g/mol. The molecule has 0 bridgehead atoms. The maximum absolute atomic E-state index is 13.3. The fourth-order valence-corrected chi connectivity index (χ4v) is 3.35. The minimum atomic E-state index is -5.08. The van der Waals surface area contributed by atoms with Crippen LogP contribution in [0.5, 0.6) is 0 Å². The van der Waals surface area contributed by atoms with Crippen molar-refractivity contribution >= 4 is 23.1 Å². The van der Waals surface area contributed by atoms with Gasteiger partial charge in [0.25, 0.3) is 5.56 Å². The van der Waals surface area contributed by atoms with Crippen molar-refractivity contribution in [2.75, 3.05) is 31.1 Å². The summed E-state index contributed by atoms with van der Waals surface area (Å²) in [5.41, 5.74) is 2.53. The van der Waals surface area contributed by atoms with Gasteiger partial charge in [-0.05, 0) is 27.7 Å². The van der Waals surface area contributed by atoms with Crippen molar-refractivity contribution in [2.24, 2.45) is 7.05 Å². The SMILES string of the molecule is CC(C)=CCn1c(=O)c2c(nc(N3CCNCC3)n2CC=C(C)C)n(C)c1=O.O=C(O)C(F)(F)F. The second kappa shape index (κ2) is 11.4. The van der Waals surface area contributed by atoms with E-state index in [0.717, 1.165) is 37.7 Å². The zero-order valence-electron chi connectivity index (χ0n) is 20.4. The number of halogens is 3. The van der Waals surface area contributed by atoms with Gasteiger partial charge in [0.1, 0.15) is 0 Å². The number of anilines is 1. The van der Waals surface area contributed by atoms with Gasteiger partial charge in [-0.1, -0.05) is 23.3 Å². The van der Waals surface area contributed by atoms with Gasteiger partial charge in [0.2, 0.25) is 5.95 Å². The van der Waals surface area contributed by atoms with E-state index in [9.17, 15) is 22.8 Å². The Morgan fingerprint density at radius 2 is 1.51 bits per heavy atom. The number of carboxylic acid groups (broad SMARTS) is 1. The summed E-state index contributed by atoms with van der Waals surface area (Å²) in [5.74, 6) is -2.01. The molecule has 1 saturated heterocycles. The van der Waals surface area contributed by atoms with Crippen LogP contribution in [0.15, 0.2) is 32.9 Å². The van der Waals surface area contributed by atoms with Gasteiger partial charge in [-0.2, -0.15) is 18.2 Å². The molecule has 0 atom stereocenters. The number of imidazole rings is 1. The van der Waals surface area contributed by atoms with Crippen LogP contribution in [0.3, 0.4) is 0 Å². The van der Waals surface area contributed by atoms with Crippen LogP contribution in [0.2, 0.25) is 0 Å².